The van der Waals surface area contributed by atoms with E-state index in [1.807, 2.05) is 0 Å². The highest BCUT2D eigenvalue weighted by Crippen LogP contribution is 2.75. The zero-order valence-corrected chi connectivity index (χ0v) is 30.2. The summed E-state index contributed by atoms with van der Waals surface area (Å²) in [4.78, 5) is 24.6. The van der Waals surface area contributed by atoms with Crippen molar-refractivity contribution in [2.75, 3.05) is 6.61 Å². The SMILES string of the molecule is CC(=O)N[C@H]1[C@H](O[C@H]2CC[C@@]3(C)[C@H](CC[C@]4(C)[C@@H]3CC=C3[C@H]5CC(C)(C)C[C@@H](C(=O)O)[C@H]5[C@H](O)C[C@]34C)C2(C)C)O[C@H](CO)[C@@H](O)[C@@H]1O. The molecule has 0 unspecified atom stereocenters. The van der Waals surface area contributed by atoms with Crippen LogP contribution in [0.2, 0.25) is 0 Å². The van der Waals surface area contributed by atoms with Crippen LogP contribution < -0.4 is 5.32 Å². The maximum Gasteiger partial charge on any atom is 0.306 e. The van der Waals surface area contributed by atoms with Gasteiger partial charge in [-0.1, -0.05) is 60.1 Å². The molecule has 1 heterocycles. The summed E-state index contributed by atoms with van der Waals surface area (Å²) >= 11 is 0. The molecule has 0 aromatic heterocycles. The smallest absolute Gasteiger partial charge is 0.306 e. The number of hydrogen-bond donors (Lipinski definition) is 6. The average Bonchev–Trinajstić information content (AvgIpc) is 2.97. The topological polar surface area (TPSA) is 166 Å². The molecule has 6 N–H and O–H groups in total. The fourth-order valence-corrected chi connectivity index (χ4v) is 12.9. The molecule has 10 heteroatoms. The van der Waals surface area contributed by atoms with Crippen LogP contribution in [0.3, 0.4) is 0 Å². The third kappa shape index (κ3) is 5.33. The standard InChI is InChI=1S/C38H61NO9/c1-19(41)39-29-31(44)30(43)24(18-40)47-33(29)48-27-12-13-36(6)25(35(27,4)5)11-14-37(7)26(36)10-9-22-20-15-34(2,3)16-21(32(45)46)28(20)23(42)17-38(22,37)8/h9,20-21,23-31,33,40,42-44H,10-18H2,1-8H3,(H,39,41)(H,45,46)/t20-,21-,23-,24-,25-,26-,27+,28+,29-,30-,31-,33+,36+,37-,38-/m1/s1. The zero-order valence-electron chi connectivity index (χ0n) is 30.2. The van der Waals surface area contributed by atoms with E-state index in [0.29, 0.717) is 24.7 Å². The lowest BCUT2D eigenvalue weighted by Crippen LogP contribution is -2.67. The van der Waals surface area contributed by atoms with Crippen LogP contribution in [0.15, 0.2) is 11.6 Å². The number of aliphatic carboxylic acids is 1. The zero-order chi connectivity index (χ0) is 35.4. The van der Waals surface area contributed by atoms with Crippen molar-refractivity contribution in [1.82, 2.24) is 5.32 Å². The monoisotopic (exact) mass is 675 g/mol. The normalized spacial score (nSPS) is 50.9. The van der Waals surface area contributed by atoms with Crippen LogP contribution in [0.25, 0.3) is 0 Å². The van der Waals surface area contributed by atoms with Crippen molar-refractivity contribution in [3.05, 3.63) is 11.6 Å². The van der Waals surface area contributed by atoms with Gasteiger partial charge in [-0.25, -0.2) is 0 Å². The molecule has 4 saturated carbocycles. The highest BCUT2D eigenvalue weighted by Gasteiger charge is 2.69. The number of allylic oxidation sites excluding steroid dienone is 2. The Morgan fingerprint density at radius 1 is 0.958 bits per heavy atom. The van der Waals surface area contributed by atoms with Crippen LogP contribution in [0.1, 0.15) is 107 Å². The molecule has 0 radical (unpaired) electrons. The van der Waals surface area contributed by atoms with Gasteiger partial charge in [0.25, 0.3) is 0 Å². The molecular formula is C38H61NO9. The summed E-state index contributed by atoms with van der Waals surface area (Å²) < 4.78 is 12.7. The second-order valence-corrected chi connectivity index (χ2v) is 18.7. The highest BCUT2D eigenvalue weighted by molar-refractivity contribution is 5.73. The van der Waals surface area contributed by atoms with Gasteiger partial charge in [-0.15, -0.1) is 0 Å². The van der Waals surface area contributed by atoms with Crippen molar-refractivity contribution >= 4 is 11.9 Å². The quantitative estimate of drug-likeness (QED) is 0.186. The van der Waals surface area contributed by atoms with E-state index < -0.39 is 55.2 Å². The third-order valence-corrected chi connectivity index (χ3v) is 15.3. The van der Waals surface area contributed by atoms with E-state index in [-0.39, 0.29) is 50.9 Å². The molecule has 1 amide bonds. The van der Waals surface area contributed by atoms with Gasteiger partial charge < -0.3 is 40.3 Å². The minimum atomic E-state index is -1.36. The third-order valence-electron chi connectivity index (χ3n) is 15.3. The molecule has 6 rings (SSSR count). The van der Waals surface area contributed by atoms with Crippen LogP contribution in [0, 0.1) is 56.7 Å². The van der Waals surface area contributed by atoms with Gasteiger partial charge in [0.2, 0.25) is 5.91 Å². The van der Waals surface area contributed by atoms with Gasteiger partial charge in [-0.3, -0.25) is 9.59 Å². The first kappa shape index (κ1) is 36.2. The molecule has 5 aliphatic carbocycles. The summed E-state index contributed by atoms with van der Waals surface area (Å²) in [6.07, 6.45) is 3.45. The van der Waals surface area contributed by atoms with Gasteiger partial charge in [0, 0.05) is 12.8 Å². The molecule has 0 aromatic carbocycles. The summed E-state index contributed by atoms with van der Waals surface area (Å²) in [7, 11) is 0. The Morgan fingerprint density at radius 3 is 2.27 bits per heavy atom. The first-order valence-corrected chi connectivity index (χ1v) is 18.4. The van der Waals surface area contributed by atoms with Crippen molar-refractivity contribution in [2.24, 2.45) is 56.7 Å². The Bertz CT molecular complexity index is 1310. The average molecular weight is 676 g/mol. The number of carbonyl (C=O) groups is 2. The number of hydrogen-bond acceptors (Lipinski definition) is 8. The van der Waals surface area contributed by atoms with Gasteiger partial charge in [0.05, 0.1) is 24.7 Å². The lowest BCUT2D eigenvalue weighted by Gasteiger charge is -2.71. The van der Waals surface area contributed by atoms with E-state index in [9.17, 15) is 35.1 Å². The molecule has 6 aliphatic rings. The number of carbonyl (C=O) groups excluding carboxylic acids is 1. The second-order valence-electron chi connectivity index (χ2n) is 18.7. The van der Waals surface area contributed by atoms with Crippen molar-refractivity contribution in [1.29, 1.82) is 0 Å². The molecule has 48 heavy (non-hydrogen) atoms. The fraction of sp³-hybridized carbons (Fsp3) is 0.895. The van der Waals surface area contributed by atoms with Crippen molar-refractivity contribution in [2.45, 2.75) is 150 Å². The summed E-state index contributed by atoms with van der Waals surface area (Å²) in [6, 6.07) is -0.979. The van der Waals surface area contributed by atoms with E-state index in [4.69, 9.17) is 9.47 Å². The summed E-state index contributed by atoms with van der Waals surface area (Å²) in [6.45, 7) is 17.0. The number of amides is 1. The molecular weight excluding hydrogens is 614 g/mol. The maximum atomic E-state index is 12.5. The highest BCUT2D eigenvalue weighted by atomic mass is 16.7. The number of fused-ring (bicyclic) bond motifs is 7. The van der Waals surface area contributed by atoms with Gasteiger partial charge in [-0.2, -0.15) is 0 Å². The van der Waals surface area contributed by atoms with Gasteiger partial charge in [0.15, 0.2) is 6.29 Å². The minimum Gasteiger partial charge on any atom is -0.481 e. The minimum absolute atomic E-state index is 0.0214. The fourth-order valence-electron chi connectivity index (χ4n) is 12.9. The van der Waals surface area contributed by atoms with Gasteiger partial charge in [0.1, 0.15) is 24.4 Å². The van der Waals surface area contributed by atoms with Crippen LogP contribution in [0.5, 0.6) is 0 Å². The molecule has 0 aromatic rings. The van der Waals surface area contributed by atoms with Crippen molar-refractivity contribution < 1.29 is 44.6 Å². The molecule has 10 nitrogen and oxygen atoms in total. The van der Waals surface area contributed by atoms with Gasteiger partial charge >= 0.3 is 5.97 Å². The Kier molecular flexibility index (Phi) is 9.07. The first-order valence-electron chi connectivity index (χ1n) is 18.4. The van der Waals surface area contributed by atoms with Gasteiger partial charge in [-0.05, 0) is 96.2 Å². The lowest BCUT2D eigenvalue weighted by molar-refractivity contribution is -0.307. The van der Waals surface area contributed by atoms with Crippen LogP contribution >= 0.6 is 0 Å². The van der Waals surface area contributed by atoms with E-state index in [0.717, 1.165) is 38.5 Å². The van der Waals surface area contributed by atoms with Crippen molar-refractivity contribution in [3.8, 4) is 0 Å². The Morgan fingerprint density at radius 2 is 1.65 bits per heavy atom. The van der Waals surface area contributed by atoms with Crippen molar-refractivity contribution in [3.63, 3.8) is 0 Å². The predicted octanol–water partition coefficient (Wildman–Crippen LogP) is 4.03. The number of carboxylic acid groups (broad SMARTS) is 1. The predicted molar refractivity (Wildman–Crippen MR) is 178 cm³/mol. The summed E-state index contributed by atoms with van der Waals surface area (Å²) in [5, 5.41) is 56.1. The molecule has 0 bridgehead atoms. The maximum absolute atomic E-state index is 12.5. The summed E-state index contributed by atoms with van der Waals surface area (Å²) in [5.74, 6) is -1.21. The number of carboxylic acids is 1. The number of aliphatic hydroxyl groups excluding tert-OH is 4. The van der Waals surface area contributed by atoms with Crippen LogP contribution in [-0.4, -0.2) is 86.9 Å². The Labute approximate surface area is 286 Å². The number of rotatable bonds is 5. The van der Waals surface area contributed by atoms with Crippen LogP contribution in [-0.2, 0) is 19.1 Å². The van der Waals surface area contributed by atoms with Crippen LogP contribution in [0.4, 0.5) is 0 Å². The van der Waals surface area contributed by atoms with E-state index >= 15 is 0 Å². The molecule has 1 saturated heterocycles. The number of ether oxygens (including phenoxy) is 2. The molecule has 0 spiro atoms. The Balaban J connectivity index is 1.29. The van der Waals surface area contributed by atoms with E-state index in [2.05, 4.69) is 59.9 Å². The molecule has 15 atom stereocenters. The largest absolute Gasteiger partial charge is 0.481 e. The van der Waals surface area contributed by atoms with E-state index in [1.54, 1.807) is 0 Å². The molecule has 272 valence electrons. The first-order chi connectivity index (χ1) is 22.2. The molecule has 5 fully saturated rings. The molecule has 1 aliphatic heterocycles. The lowest BCUT2D eigenvalue weighted by atomic mass is 9.34. The summed E-state index contributed by atoms with van der Waals surface area (Å²) in [5.41, 5.74) is 0.655. The number of nitrogens with one attached hydrogen (secondary N) is 1. The second kappa shape index (κ2) is 12.0. The Hall–Kier alpha value is -1.56. The van der Waals surface area contributed by atoms with E-state index in [1.165, 1.54) is 12.5 Å². The number of aliphatic hydroxyl groups is 4.